The fraction of sp³-hybridized carbons (Fsp3) is 0.450. The molecule has 0 atom stereocenters. The van der Waals surface area contributed by atoms with Crippen LogP contribution in [-0.4, -0.2) is 17.0 Å². The SMILES string of the molecule is O=C(NCCCc1ccccc1)C1(n2cccc2)CCCCC1. The van der Waals surface area contributed by atoms with Crippen LogP contribution < -0.4 is 5.32 Å². The molecule has 3 heteroatoms. The van der Waals surface area contributed by atoms with Gasteiger partial charge in [0.1, 0.15) is 5.54 Å². The number of benzene rings is 1. The molecule has 1 aromatic heterocycles. The zero-order chi connectivity index (χ0) is 16.0. The Hall–Kier alpha value is -2.03. The van der Waals surface area contributed by atoms with Crippen LogP contribution in [0.5, 0.6) is 0 Å². The molecule has 23 heavy (non-hydrogen) atoms. The smallest absolute Gasteiger partial charge is 0.246 e. The van der Waals surface area contributed by atoms with Crippen molar-refractivity contribution >= 4 is 5.91 Å². The number of nitrogens with zero attached hydrogens (tertiary/aromatic N) is 1. The van der Waals surface area contributed by atoms with E-state index in [9.17, 15) is 4.79 Å². The van der Waals surface area contributed by atoms with Crippen molar-refractivity contribution in [2.45, 2.75) is 50.5 Å². The molecule has 122 valence electrons. The van der Waals surface area contributed by atoms with Gasteiger partial charge in [-0.15, -0.1) is 0 Å². The van der Waals surface area contributed by atoms with Gasteiger partial charge in [0.15, 0.2) is 0 Å². The second-order valence-electron chi connectivity index (χ2n) is 6.53. The highest BCUT2D eigenvalue weighted by atomic mass is 16.2. The molecule has 0 spiro atoms. The predicted molar refractivity (Wildman–Crippen MR) is 93.3 cm³/mol. The molecule has 0 unspecified atom stereocenters. The van der Waals surface area contributed by atoms with Crippen molar-refractivity contribution in [2.75, 3.05) is 6.54 Å². The molecule has 1 aliphatic carbocycles. The topological polar surface area (TPSA) is 34.0 Å². The summed E-state index contributed by atoms with van der Waals surface area (Å²) in [6.45, 7) is 0.747. The van der Waals surface area contributed by atoms with Crippen LogP contribution in [0.1, 0.15) is 44.1 Å². The lowest BCUT2D eigenvalue weighted by Gasteiger charge is -2.37. The molecule has 0 bridgehead atoms. The molecule has 1 aliphatic rings. The molecule has 1 amide bonds. The molecular weight excluding hydrogens is 284 g/mol. The number of aryl methyl sites for hydroxylation is 1. The van der Waals surface area contributed by atoms with E-state index < -0.39 is 0 Å². The molecule has 3 nitrogen and oxygen atoms in total. The van der Waals surface area contributed by atoms with Crippen molar-refractivity contribution in [3.8, 4) is 0 Å². The van der Waals surface area contributed by atoms with E-state index >= 15 is 0 Å². The minimum absolute atomic E-state index is 0.196. The zero-order valence-corrected chi connectivity index (χ0v) is 13.7. The summed E-state index contributed by atoms with van der Waals surface area (Å²) in [4.78, 5) is 12.9. The number of aromatic nitrogens is 1. The van der Waals surface area contributed by atoms with E-state index in [2.05, 4.69) is 34.1 Å². The Bertz CT molecular complexity index is 598. The third kappa shape index (κ3) is 3.66. The maximum atomic E-state index is 12.9. The van der Waals surface area contributed by atoms with Crippen LogP contribution >= 0.6 is 0 Å². The Labute approximate surface area is 138 Å². The van der Waals surface area contributed by atoms with E-state index in [1.54, 1.807) is 0 Å². The summed E-state index contributed by atoms with van der Waals surface area (Å²) in [5.74, 6) is 0.196. The minimum Gasteiger partial charge on any atom is -0.354 e. The third-order valence-corrected chi connectivity index (χ3v) is 4.97. The second-order valence-corrected chi connectivity index (χ2v) is 6.53. The first-order valence-corrected chi connectivity index (χ1v) is 8.77. The second kappa shape index (κ2) is 7.49. The Morgan fingerprint density at radius 1 is 1.00 bits per heavy atom. The van der Waals surface area contributed by atoms with Gasteiger partial charge >= 0.3 is 0 Å². The predicted octanol–water partition coefficient (Wildman–Crippen LogP) is 3.90. The average Bonchev–Trinajstić information content (AvgIpc) is 3.15. The lowest BCUT2D eigenvalue weighted by molar-refractivity contribution is -0.131. The maximum absolute atomic E-state index is 12.9. The molecule has 0 saturated heterocycles. The first-order valence-electron chi connectivity index (χ1n) is 8.77. The highest BCUT2D eigenvalue weighted by Gasteiger charge is 2.40. The molecule has 1 saturated carbocycles. The van der Waals surface area contributed by atoms with Gasteiger partial charge in [-0.25, -0.2) is 0 Å². The molecule has 1 aromatic carbocycles. The fourth-order valence-corrected chi connectivity index (χ4v) is 3.66. The Kier molecular flexibility index (Phi) is 5.16. The summed E-state index contributed by atoms with van der Waals surface area (Å²) in [6.07, 6.45) is 11.5. The average molecular weight is 310 g/mol. The van der Waals surface area contributed by atoms with E-state index in [1.807, 2.05) is 30.6 Å². The normalized spacial score (nSPS) is 16.9. The van der Waals surface area contributed by atoms with Crippen LogP contribution in [0, 0.1) is 0 Å². The fourth-order valence-electron chi connectivity index (χ4n) is 3.66. The van der Waals surface area contributed by atoms with Gasteiger partial charge in [-0.05, 0) is 43.4 Å². The number of rotatable bonds is 6. The minimum atomic E-state index is -0.367. The van der Waals surface area contributed by atoms with Crippen molar-refractivity contribution in [1.29, 1.82) is 0 Å². The van der Waals surface area contributed by atoms with Gasteiger partial charge in [-0.2, -0.15) is 0 Å². The summed E-state index contributed by atoms with van der Waals surface area (Å²) in [6, 6.07) is 14.5. The highest BCUT2D eigenvalue weighted by molar-refractivity contribution is 5.84. The summed E-state index contributed by atoms with van der Waals surface area (Å²) >= 11 is 0. The maximum Gasteiger partial charge on any atom is 0.246 e. The lowest BCUT2D eigenvalue weighted by atomic mass is 9.80. The molecule has 0 aliphatic heterocycles. The first kappa shape index (κ1) is 15.9. The van der Waals surface area contributed by atoms with Crippen molar-refractivity contribution in [2.24, 2.45) is 0 Å². The number of nitrogens with one attached hydrogen (secondary N) is 1. The highest BCUT2D eigenvalue weighted by Crippen LogP contribution is 2.35. The number of hydrogen-bond acceptors (Lipinski definition) is 1. The Morgan fingerprint density at radius 3 is 2.39 bits per heavy atom. The van der Waals surface area contributed by atoms with Crippen LogP contribution in [-0.2, 0) is 16.8 Å². The standard InChI is InChI=1S/C20H26N2O/c23-19(21-15-9-12-18-10-3-1-4-11-18)20(13-5-2-6-14-20)22-16-7-8-17-22/h1,3-4,7-8,10-11,16-17H,2,5-6,9,12-15H2,(H,21,23). The van der Waals surface area contributed by atoms with Crippen LogP contribution in [0.3, 0.4) is 0 Å². The van der Waals surface area contributed by atoms with Gasteiger partial charge in [0, 0.05) is 18.9 Å². The van der Waals surface area contributed by atoms with Crippen molar-refractivity contribution < 1.29 is 4.79 Å². The van der Waals surface area contributed by atoms with Crippen LogP contribution in [0.2, 0.25) is 0 Å². The van der Waals surface area contributed by atoms with Gasteiger partial charge in [0.2, 0.25) is 5.91 Å². The van der Waals surface area contributed by atoms with E-state index in [4.69, 9.17) is 0 Å². The summed E-state index contributed by atoms with van der Waals surface area (Å²) < 4.78 is 2.12. The van der Waals surface area contributed by atoms with Crippen molar-refractivity contribution in [1.82, 2.24) is 9.88 Å². The quantitative estimate of drug-likeness (QED) is 0.807. The van der Waals surface area contributed by atoms with Gasteiger partial charge in [0.25, 0.3) is 0 Å². The Balaban J connectivity index is 1.57. The number of amides is 1. The van der Waals surface area contributed by atoms with Gasteiger partial charge in [0.05, 0.1) is 0 Å². The first-order chi connectivity index (χ1) is 11.3. The lowest BCUT2D eigenvalue weighted by Crippen LogP contribution is -2.49. The van der Waals surface area contributed by atoms with Gasteiger partial charge < -0.3 is 9.88 Å². The number of carbonyl (C=O) groups excluding carboxylic acids is 1. The molecule has 2 aromatic rings. The van der Waals surface area contributed by atoms with Crippen molar-refractivity contribution in [3.05, 3.63) is 60.4 Å². The van der Waals surface area contributed by atoms with Gasteiger partial charge in [-0.1, -0.05) is 49.6 Å². The molecule has 1 N–H and O–H groups in total. The monoisotopic (exact) mass is 310 g/mol. The summed E-state index contributed by atoms with van der Waals surface area (Å²) in [5.41, 5.74) is 0.966. The molecule has 1 heterocycles. The number of hydrogen-bond donors (Lipinski definition) is 1. The third-order valence-electron chi connectivity index (χ3n) is 4.97. The van der Waals surface area contributed by atoms with Crippen LogP contribution in [0.25, 0.3) is 0 Å². The van der Waals surface area contributed by atoms with E-state index in [1.165, 1.54) is 12.0 Å². The van der Waals surface area contributed by atoms with E-state index in [0.29, 0.717) is 0 Å². The number of carbonyl (C=O) groups is 1. The molecule has 0 radical (unpaired) electrons. The molecule has 3 rings (SSSR count). The van der Waals surface area contributed by atoms with Gasteiger partial charge in [-0.3, -0.25) is 4.79 Å². The molecular formula is C20H26N2O. The summed E-state index contributed by atoms with van der Waals surface area (Å²) in [5, 5.41) is 3.19. The largest absolute Gasteiger partial charge is 0.354 e. The Morgan fingerprint density at radius 2 is 1.70 bits per heavy atom. The van der Waals surface area contributed by atoms with Crippen LogP contribution in [0.4, 0.5) is 0 Å². The molecule has 1 fully saturated rings. The van der Waals surface area contributed by atoms with Crippen LogP contribution in [0.15, 0.2) is 54.9 Å². The van der Waals surface area contributed by atoms with E-state index in [0.717, 1.165) is 45.1 Å². The zero-order valence-electron chi connectivity index (χ0n) is 13.7. The summed E-state index contributed by atoms with van der Waals surface area (Å²) in [7, 11) is 0. The van der Waals surface area contributed by atoms with Crippen molar-refractivity contribution in [3.63, 3.8) is 0 Å². The van der Waals surface area contributed by atoms with E-state index in [-0.39, 0.29) is 11.4 Å².